The summed E-state index contributed by atoms with van der Waals surface area (Å²) in [5.74, 6) is -3.17. The second kappa shape index (κ2) is 10.6. The van der Waals surface area contributed by atoms with Gasteiger partial charge in [-0.2, -0.15) is 0 Å². The van der Waals surface area contributed by atoms with Crippen molar-refractivity contribution in [2.45, 2.75) is 49.7 Å². The van der Waals surface area contributed by atoms with Gasteiger partial charge in [0.15, 0.2) is 0 Å². The molecule has 9 heteroatoms. The Labute approximate surface area is 215 Å². The molecule has 1 aliphatic heterocycles. The third-order valence-corrected chi connectivity index (χ3v) is 7.88. The number of fused-ring (bicyclic) bond motifs is 8. The maximum absolute atomic E-state index is 12.1. The van der Waals surface area contributed by atoms with Gasteiger partial charge in [-0.05, 0) is 60.6 Å². The highest BCUT2D eigenvalue weighted by molar-refractivity contribution is 6.30. The molecule has 3 atom stereocenters. The Hall–Kier alpha value is -2.94. The van der Waals surface area contributed by atoms with Crippen LogP contribution in [0.4, 0.5) is 0 Å². The number of carbonyl (C=O) groups is 3. The lowest BCUT2D eigenvalue weighted by atomic mass is 9.74. The molecule has 1 saturated heterocycles. The molecule has 0 aromatic heterocycles. The van der Waals surface area contributed by atoms with Crippen LogP contribution in [-0.2, 0) is 24.5 Å². The fourth-order valence-electron chi connectivity index (χ4n) is 5.86. The number of nitrogens with zero attached hydrogens (tertiary/aromatic N) is 1. The van der Waals surface area contributed by atoms with E-state index in [4.69, 9.17) is 36.1 Å². The van der Waals surface area contributed by atoms with Gasteiger partial charge >= 0.3 is 11.9 Å². The molecule has 1 fully saturated rings. The lowest BCUT2D eigenvalue weighted by Crippen LogP contribution is -2.50. The number of nitrogens with one attached hydrogen (secondary N) is 1. The molecule has 0 radical (unpaired) electrons. The van der Waals surface area contributed by atoms with Crippen molar-refractivity contribution < 1.29 is 29.3 Å². The van der Waals surface area contributed by atoms with Crippen LogP contribution in [0.3, 0.4) is 0 Å². The first-order valence-corrected chi connectivity index (χ1v) is 12.4. The number of piperidine rings is 1. The number of rotatable bonds is 5. The number of carboxylic acids is 2. The summed E-state index contributed by atoms with van der Waals surface area (Å²) in [6.07, 6.45) is 2.70. The molecule has 0 saturated carbocycles. The monoisotopic (exact) mass is 514 g/mol. The summed E-state index contributed by atoms with van der Waals surface area (Å²) < 4.78 is 5.14. The highest BCUT2D eigenvalue weighted by Gasteiger charge is 2.53. The van der Waals surface area contributed by atoms with Crippen LogP contribution in [0.5, 0.6) is 0 Å². The lowest BCUT2D eigenvalue weighted by Gasteiger charge is -2.40. The van der Waals surface area contributed by atoms with Crippen molar-refractivity contribution in [1.29, 1.82) is 0 Å². The fraction of sp³-hybridized carbons (Fsp3) is 0.444. The van der Waals surface area contributed by atoms with Gasteiger partial charge < -0.3 is 25.2 Å². The summed E-state index contributed by atoms with van der Waals surface area (Å²) in [6.45, 7) is 4.80. The topological polar surface area (TPSA) is 116 Å². The minimum absolute atomic E-state index is 0.0125. The average molecular weight is 515 g/mol. The quantitative estimate of drug-likeness (QED) is 0.524. The Morgan fingerprint density at radius 2 is 1.72 bits per heavy atom. The van der Waals surface area contributed by atoms with E-state index in [0.717, 1.165) is 43.9 Å². The van der Waals surface area contributed by atoms with Gasteiger partial charge in [0.2, 0.25) is 5.91 Å². The number of carbonyl (C=O) groups excluding carboxylic acids is 1. The maximum Gasteiger partial charge on any atom is 0.414 e. The maximum atomic E-state index is 12.1. The number of hydrogen-bond acceptors (Lipinski definition) is 5. The first kappa shape index (κ1) is 26.1. The Balaban J connectivity index is 0.000000455. The zero-order valence-electron chi connectivity index (χ0n) is 20.4. The molecule has 5 rings (SSSR count). The van der Waals surface area contributed by atoms with E-state index in [1.807, 2.05) is 6.07 Å². The molecular formula is C27H31ClN2O6. The van der Waals surface area contributed by atoms with Gasteiger partial charge in [-0.3, -0.25) is 4.79 Å². The molecule has 1 heterocycles. The third kappa shape index (κ3) is 4.98. The van der Waals surface area contributed by atoms with Crippen molar-refractivity contribution in [3.05, 3.63) is 69.7 Å². The molecule has 2 bridgehead atoms. The van der Waals surface area contributed by atoms with Gasteiger partial charge in [0.25, 0.3) is 0 Å². The minimum atomic E-state index is -1.82. The average Bonchev–Trinajstić information content (AvgIpc) is 3.36. The molecule has 36 heavy (non-hydrogen) atoms. The predicted octanol–water partition coefficient (Wildman–Crippen LogP) is 3.25. The Morgan fingerprint density at radius 1 is 1.08 bits per heavy atom. The van der Waals surface area contributed by atoms with Gasteiger partial charge in [-0.1, -0.05) is 41.9 Å². The van der Waals surface area contributed by atoms with Gasteiger partial charge in [0, 0.05) is 49.1 Å². The number of amides is 1. The van der Waals surface area contributed by atoms with Gasteiger partial charge in [-0.25, -0.2) is 9.59 Å². The Bertz CT molecular complexity index is 1150. The number of halogens is 1. The highest BCUT2D eigenvalue weighted by atomic mass is 35.5. The summed E-state index contributed by atoms with van der Waals surface area (Å²) in [7, 11) is 1.57. The molecule has 3 N–H and O–H groups in total. The summed E-state index contributed by atoms with van der Waals surface area (Å²) in [5.41, 5.74) is 5.87. The summed E-state index contributed by atoms with van der Waals surface area (Å²) in [4.78, 5) is 32.9. The molecule has 192 valence electrons. The molecule has 2 unspecified atom stereocenters. The van der Waals surface area contributed by atoms with E-state index in [0.29, 0.717) is 5.92 Å². The zero-order chi connectivity index (χ0) is 26.0. The third-order valence-electron chi connectivity index (χ3n) is 7.64. The van der Waals surface area contributed by atoms with Gasteiger partial charge in [0.05, 0.1) is 0 Å². The highest BCUT2D eigenvalue weighted by Crippen LogP contribution is 2.60. The van der Waals surface area contributed by atoms with Crippen molar-refractivity contribution in [2.75, 3.05) is 26.7 Å². The molecule has 2 aromatic carbocycles. The summed E-state index contributed by atoms with van der Waals surface area (Å²) in [5, 5.41) is 18.8. The van der Waals surface area contributed by atoms with Crippen LogP contribution < -0.4 is 5.32 Å². The smallest absolute Gasteiger partial charge is 0.414 e. The van der Waals surface area contributed by atoms with Crippen LogP contribution in [0.25, 0.3) is 0 Å². The summed E-state index contributed by atoms with van der Waals surface area (Å²) >= 11 is 6.43. The van der Waals surface area contributed by atoms with Crippen molar-refractivity contribution in [1.82, 2.24) is 10.2 Å². The first-order chi connectivity index (χ1) is 17.2. The van der Waals surface area contributed by atoms with Crippen molar-refractivity contribution in [2.24, 2.45) is 0 Å². The van der Waals surface area contributed by atoms with Crippen molar-refractivity contribution in [3.63, 3.8) is 0 Å². The minimum Gasteiger partial charge on any atom is -0.473 e. The van der Waals surface area contributed by atoms with E-state index >= 15 is 0 Å². The molecule has 3 aliphatic rings. The van der Waals surface area contributed by atoms with Crippen LogP contribution in [0.1, 0.15) is 54.4 Å². The number of ether oxygens (including phenoxy) is 1. The summed E-state index contributed by atoms with van der Waals surface area (Å²) in [6, 6.07) is 15.7. The molecule has 8 nitrogen and oxygen atoms in total. The fourth-order valence-corrected chi connectivity index (χ4v) is 6.03. The number of benzene rings is 2. The van der Waals surface area contributed by atoms with Crippen LogP contribution in [0.15, 0.2) is 42.5 Å². The van der Waals surface area contributed by atoms with Gasteiger partial charge in [0.1, 0.15) is 6.10 Å². The van der Waals surface area contributed by atoms with Crippen molar-refractivity contribution in [3.8, 4) is 0 Å². The molecule has 1 amide bonds. The largest absolute Gasteiger partial charge is 0.473 e. The Kier molecular flexibility index (Phi) is 7.68. The number of methoxy groups -OCH3 is 1. The molecule has 2 aromatic rings. The Morgan fingerprint density at radius 3 is 2.36 bits per heavy atom. The first-order valence-electron chi connectivity index (χ1n) is 12.1. The van der Waals surface area contributed by atoms with E-state index in [-0.39, 0.29) is 17.4 Å². The van der Waals surface area contributed by atoms with E-state index in [1.54, 1.807) is 14.0 Å². The van der Waals surface area contributed by atoms with Crippen LogP contribution in [-0.4, -0.2) is 71.8 Å². The van der Waals surface area contributed by atoms with Crippen LogP contribution in [0.2, 0.25) is 5.02 Å². The van der Waals surface area contributed by atoms with E-state index in [1.165, 1.54) is 22.3 Å². The number of hydrogen-bond donors (Lipinski definition) is 3. The zero-order valence-corrected chi connectivity index (χ0v) is 21.1. The molecule has 2 aliphatic carbocycles. The van der Waals surface area contributed by atoms with Crippen molar-refractivity contribution >= 4 is 29.4 Å². The lowest BCUT2D eigenvalue weighted by molar-refractivity contribution is -0.159. The van der Waals surface area contributed by atoms with Crippen LogP contribution in [0, 0.1) is 0 Å². The van der Waals surface area contributed by atoms with E-state index in [2.05, 4.69) is 46.6 Å². The van der Waals surface area contributed by atoms with Gasteiger partial charge in [-0.15, -0.1) is 0 Å². The molecular weight excluding hydrogens is 484 g/mol. The molecule has 0 spiro atoms. The number of carboxylic acid groups (broad SMARTS) is 2. The van der Waals surface area contributed by atoms with E-state index in [9.17, 15) is 4.79 Å². The number of aliphatic carboxylic acids is 2. The second-order valence-corrected chi connectivity index (χ2v) is 10.1. The predicted molar refractivity (Wildman–Crippen MR) is 134 cm³/mol. The normalized spacial score (nSPS) is 23.1. The standard InChI is InChI=1S/C25H29ClN2O2.C2H2O4/c1-16(30-2)24(29)27-18-9-11-28(12-10-18)15-25-14-21(19-5-3-4-6-22(19)25)20-8-7-17(26)13-23(20)25;3-1(4)2(5)6/h3-8,13,16,18,21H,9-12,14-15H2,1-2H3,(H,27,29);(H,3,4)(H,5,6)/t16-,21?,25?;/m0./s1. The second-order valence-electron chi connectivity index (χ2n) is 9.70. The van der Waals surface area contributed by atoms with Crippen LogP contribution >= 0.6 is 11.6 Å². The SMILES string of the molecule is CO[C@@H](C)C(=O)NC1CCN(CC23CC(c4ccccc42)c2ccc(Cl)cc23)CC1.O=C(O)C(=O)O. The number of likely N-dealkylation sites (tertiary alicyclic amines) is 1. The van der Waals surface area contributed by atoms with E-state index < -0.39 is 18.0 Å².